The van der Waals surface area contributed by atoms with Gasteiger partial charge in [-0.15, -0.1) is 0 Å². The molecule has 66 valence electrons. The Labute approximate surface area is 75.9 Å². The molecule has 1 N–H and O–H groups in total. The summed E-state index contributed by atoms with van der Waals surface area (Å²) in [6.07, 6.45) is -0.861. The summed E-state index contributed by atoms with van der Waals surface area (Å²) in [4.78, 5) is 11.4. The van der Waals surface area contributed by atoms with Crippen LogP contribution in [0, 0.1) is 5.92 Å². The van der Waals surface area contributed by atoms with Crippen molar-refractivity contribution in [2.45, 2.75) is 20.0 Å². The van der Waals surface area contributed by atoms with Crippen molar-refractivity contribution in [3.8, 4) is 0 Å². The van der Waals surface area contributed by atoms with E-state index in [4.69, 9.17) is 0 Å². The third-order valence-electron chi connectivity index (χ3n) is 1.71. The lowest BCUT2D eigenvalue weighted by molar-refractivity contribution is 0.0648. The van der Waals surface area contributed by atoms with E-state index in [-0.39, 0.29) is 11.7 Å². The van der Waals surface area contributed by atoms with Crippen LogP contribution in [0.1, 0.15) is 24.2 Å². The van der Waals surface area contributed by atoms with Gasteiger partial charge in [-0.3, -0.25) is 4.79 Å². The minimum absolute atomic E-state index is 0.0163. The van der Waals surface area contributed by atoms with Gasteiger partial charge in [0.25, 0.3) is 0 Å². The van der Waals surface area contributed by atoms with Gasteiger partial charge in [-0.2, -0.15) is 11.3 Å². The molecule has 1 aromatic heterocycles. The first-order valence-corrected chi connectivity index (χ1v) is 4.81. The van der Waals surface area contributed by atoms with Gasteiger partial charge in [0.2, 0.25) is 0 Å². The van der Waals surface area contributed by atoms with E-state index in [1.54, 1.807) is 11.4 Å². The van der Waals surface area contributed by atoms with Crippen molar-refractivity contribution in [3.63, 3.8) is 0 Å². The topological polar surface area (TPSA) is 37.3 Å². The molecule has 0 radical (unpaired) electrons. The standard InChI is InChI=1S/C9H12O2S/c1-6(2)8(10)9(11)7-3-4-12-5-7/h3-6,8,10H,1-2H3. The van der Waals surface area contributed by atoms with E-state index in [9.17, 15) is 9.90 Å². The average Bonchev–Trinajstić information content (AvgIpc) is 2.53. The third-order valence-corrected chi connectivity index (χ3v) is 2.39. The van der Waals surface area contributed by atoms with Gasteiger partial charge < -0.3 is 5.11 Å². The van der Waals surface area contributed by atoms with Crippen molar-refractivity contribution in [1.29, 1.82) is 0 Å². The Hall–Kier alpha value is -0.670. The number of ketones is 1. The van der Waals surface area contributed by atoms with Crippen molar-refractivity contribution in [2.75, 3.05) is 0 Å². The second-order valence-electron chi connectivity index (χ2n) is 3.07. The highest BCUT2D eigenvalue weighted by molar-refractivity contribution is 7.08. The van der Waals surface area contributed by atoms with E-state index < -0.39 is 6.10 Å². The van der Waals surface area contributed by atoms with E-state index in [1.807, 2.05) is 19.2 Å². The molecule has 0 aliphatic heterocycles. The molecule has 3 heteroatoms. The molecule has 0 spiro atoms. The predicted molar refractivity (Wildman–Crippen MR) is 49.5 cm³/mol. The van der Waals surface area contributed by atoms with Gasteiger partial charge in [-0.1, -0.05) is 13.8 Å². The quantitative estimate of drug-likeness (QED) is 0.729. The van der Waals surface area contributed by atoms with Gasteiger partial charge in [-0.05, 0) is 17.4 Å². The maximum atomic E-state index is 11.4. The fourth-order valence-corrected chi connectivity index (χ4v) is 1.52. The summed E-state index contributed by atoms with van der Waals surface area (Å²) in [5, 5.41) is 13.0. The Bertz CT molecular complexity index is 252. The zero-order valence-electron chi connectivity index (χ0n) is 7.15. The van der Waals surface area contributed by atoms with Crippen molar-refractivity contribution in [2.24, 2.45) is 5.92 Å². The maximum Gasteiger partial charge on any atom is 0.192 e. The Morgan fingerprint density at radius 2 is 2.25 bits per heavy atom. The van der Waals surface area contributed by atoms with Crippen LogP contribution in [0.4, 0.5) is 0 Å². The number of hydrogen-bond donors (Lipinski definition) is 1. The monoisotopic (exact) mass is 184 g/mol. The largest absolute Gasteiger partial charge is 0.385 e. The number of Topliss-reactive ketones (excluding diaryl/α,β-unsaturated/α-hetero) is 1. The molecule has 1 atom stereocenters. The van der Waals surface area contributed by atoms with Crippen molar-refractivity contribution in [1.82, 2.24) is 0 Å². The number of hydrogen-bond acceptors (Lipinski definition) is 3. The second-order valence-corrected chi connectivity index (χ2v) is 3.85. The van der Waals surface area contributed by atoms with E-state index in [0.717, 1.165) is 0 Å². The number of aliphatic hydroxyl groups excluding tert-OH is 1. The molecule has 1 unspecified atom stereocenters. The lowest BCUT2D eigenvalue weighted by atomic mass is 10.00. The number of carbonyl (C=O) groups excluding carboxylic acids is 1. The van der Waals surface area contributed by atoms with Crippen LogP contribution >= 0.6 is 11.3 Å². The van der Waals surface area contributed by atoms with E-state index in [2.05, 4.69) is 0 Å². The molecule has 0 fully saturated rings. The van der Waals surface area contributed by atoms with Crippen LogP contribution in [-0.2, 0) is 0 Å². The maximum absolute atomic E-state index is 11.4. The smallest absolute Gasteiger partial charge is 0.192 e. The summed E-state index contributed by atoms with van der Waals surface area (Å²) in [5.74, 6) is -0.191. The lowest BCUT2D eigenvalue weighted by Gasteiger charge is -2.11. The van der Waals surface area contributed by atoms with Gasteiger partial charge in [0.15, 0.2) is 5.78 Å². The summed E-state index contributed by atoms with van der Waals surface area (Å²) in [6, 6.07) is 1.73. The van der Waals surface area contributed by atoms with Gasteiger partial charge >= 0.3 is 0 Å². The van der Waals surface area contributed by atoms with Gasteiger partial charge in [0, 0.05) is 10.9 Å². The Balaban J connectivity index is 2.72. The molecule has 0 saturated heterocycles. The first-order valence-electron chi connectivity index (χ1n) is 3.87. The first-order chi connectivity index (χ1) is 5.63. The van der Waals surface area contributed by atoms with Crippen LogP contribution in [0.5, 0.6) is 0 Å². The fourth-order valence-electron chi connectivity index (χ4n) is 0.878. The van der Waals surface area contributed by atoms with Crippen LogP contribution in [0.2, 0.25) is 0 Å². The highest BCUT2D eigenvalue weighted by Gasteiger charge is 2.20. The van der Waals surface area contributed by atoms with Crippen LogP contribution < -0.4 is 0 Å². The highest BCUT2D eigenvalue weighted by Crippen LogP contribution is 2.12. The van der Waals surface area contributed by atoms with Crippen LogP contribution in [0.3, 0.4) is 0 Å². The summed E-state index contributed by atoms with van der Waals surface area (Å²) < 4.78 is 0. The molecular weight excluding hydrogens is 172 g/mol. The molecule has 0 aliphatic carbocycles. The zero-order chi connectivity index (χ0) is 9.14. The summed E-state index contributed by atoms with van der Waals surface area (Å²) in [6.45, 7) is 3.66. The summed E-state index contributed by atoms with van der Waals surface area (Å²) >= 11 is 1.47. The molecule has 0 amide bonds. The number of rotatable bonds is 3. The molecule has 12 heavy (non-hydrogen) atoms. The number of thiophene rings is 1. The van der Waals surface area contributed by atoms with Crippen LogP contribution in [0.15, 0.2) is 16.8 Å². The van der Waals surface area contributed by atoms with Crippen molar-refractivity contribution in [3.05, 3.63) is 22.4 Å². The Kier molecular flexibility index (Phi) is 3.00. The highest BCUT2D eigenvalue weighted by atomic mass is 32.1. The molecule has 1 aromatic rings. The second kappa shape index (κ2) is 3.83. The Morgan fingerprint density at radius 3 is 2.67 bits per heavy atom. The number of aliphatic hydroxyl groups is 1. The minimum Gasteiger partial charge on any atom is -0.385 e. The van der Waals surface area contributed by atoms with Gasteiger partial charge in [0.1, 0.15) is 6.10 Å². The van der Waals surface area contributed by atoms with Gasteiger partial charge in [-0.25, -0.2) is 0 Å². The van der Waals surface area contributed by atoms with E-state index in [1.165, 1.54) is 11.3 Å². The molecular formula is C9H12O2S. The number of carbonyl (C=O) groups is 1. The normalized spacial score (nSPS) is 13.3. The minimum atomic E-state index is -0.861. The lowest BCUT2D eigenvalue weighted by Crippen LogP contribution is -2.25. The van der Waals surface area contributed by atoms with Crippen molar-refractivity contribution >= 4 is 17.1 Å². The van der Waals surface area contributed by atoms with Crippen LogP contribution in [0.25, 0.3) is 0 Å². The van der Waals surface area contributed by atoms with E-state index >= 15 is 0 Å². The molecule has 0 bridgehead atoms. The first kappa shape index (κ1) is 9.42. The summed E-state index contributed by atoms with van der Waals surface area (Å²) in [7, 11) is 0. The molecule has 2 nitrogen and oxygen atoms in total. The predicted octanol–water partition coefficient (Wildman–Crippen LogP) is 1.95. The average molecular weight is 184 g/mol. The Morgan fingerprint density at radius 1 is 1.58 bits per heavy atom. The fraction of sp³-hybridized carbons (Fsp3) is 0.444. The summed E-state index contributed by atoms with van der Waals surface area (Å²) in [5.41, 5.74) is 0.612. The molecule has 1 rings (SSSR count). The van der Waals surface area contributed by atoms with Crippen LogP contribution in [-0.4, -0.2) is 17.0 Å². The van der Waals surface area contributed by atoms with E-state index in [0.29, 0.717) is 5.56 Å². The van der Waals surface area contributed by atoms with Gasteiger partial charge in [0.05, 0.1) is 0 Å². The third kappa shape index (κ3) is 1.93. The molecule has 0 aromatic carbocycles. The molecule has 0 saturated carbocycles. The molecule has 0 aliphatic rings. The molecule has 1 heterocycles. The zero-order valence-corrected chi connectivity index (χ0v) is 7.97. The van der Waals surface area contributed by atoms with Crippen molar-refractivity contribution < 1.29 is 9.90 Å². The SMILES string of the molecule is CC(C)C(O)C(=O)c1ccsc1.